The van der Waals surface area contributed by atoms with Gasteiger partial charge in [-0.15, -0.1) is 0 Å². The molecular formula is C13H9NO3Se. The van der Waals surface area contributed by atoms with Crippen molar-refractivity contribution in [1.29, 1.82) is 0 Å². The predicted molar refractivity (Wildman–Crippen MR) is 69.3 cm³/mol. The van der Waals surface area contributed by atoms with E-state index in [1.54, 1.807) is 24.3 Å². The van der Waals surface area contributed by atoms with Gasteiger partial charge in [-0.05, 0) is 0 Å². The molecule has 0 aromatic heterocycles. The molecule has 2 aromatic rings. The Kier molecular flexibility index (Phi) is 3.87. The Labute approximate surface area is 110 Å². The molecule has 4 nitrogen and oxygen atoms in total. The first-order chi connectivity index (χ1) is 8.66. The molecule has 0 amide bonds. The zero-order valence-electron chi connectivity index (χ0n) is 9.28. The Bertz CT molecular complexity index is 567. The standard InChI is InChI=1S/C13H9NO3Se/c15-13(10-4-2-1-3-5-10)18-12-8-6-11(7-9-12)14(16)17/h1-9H. The van der Waals surface area contributed by atoms with Crippen molar-refractivity contribution < 1.29 is 9.72 Å². The number of rotatable bonds is 4. The van der Waals surface area contributed by atoms with Gasteiger partial charge in [0.05, 0.1) is 0 Å². The molecule has 18 heavy (non-hydrogen) atoms. The van der Waals surface area contributed by atoms with Crippen LogP contribution in [-0.2, 0) is 0 Å². The SMILES string of the molecule is O=C([Se]c1ccc([N+](=O)[O-])cc1)c1ccccc1. The van der Waals surface area contributed by atoms with Crippen molar-refractivity contribution in [3.63, 3.8) is 0 Å². The number of benzene rings is 2. The molecule has 0 fully saturated rings. The van der Waals surface area contributed by atoms with E-state index in [2.05, 4.69) is 0 Å². The minimum absolute atomic E-state index is 0.0433. The number of carbonyl (C=O) groups is 1. The Hall–Kier alpha value is -1.97. The molecule has 5 heteroatoms. The Morgan fingerprint density at radius 2 is 1.61 bits per heavy atom. The fourth-order valence-electron chi connectivity index (χ4n) is 1.38. The van der Waals surface area contributed by atoms with Crippen molar-refractivity contribution in [3.8, 4) is 0 Å². The van der Waals surface area contributed by atoms with E-state index in [1.807, 2.05) is 18.2 Å². The van der Waals surface area contributed by atoms with Crippen molar-refractivity contribution in [2.75, 3.05) is 0 Å². The second-order valence-electron chi connectivity index (χ2n) is 3.51. The van der Waals surface area contributed by atoms with Crippen molar-refractivity contribution in [2.24, 2.45) is 0 Å². The van der Waals surface area contributed by atoms with Crippen LogP contribution in [0.5, 0.6) is 0 Å². The normalized spacial score (nSPS) is 10.0. The third-order valence-corrected chi connectivity index (χ3v) is 4.22. The van der Waals surface area contributed by atoms with Crippen LogP contribution in [0.1, 0.15) is 10.4 Å². The van der Waals surface area contributed by atoms with Crippen LogP contribution >= 0.6 is 0 Å². The number of nitrogens with zero attached hydrogens (tertiary/aromatic N) is 1. The van der Waals surface area contributed by atoms with E-state index in [1.165, 1.54) is 12.1 Å². The summed E-state index contributed by atoms with van der Waals surface area (Å²) in [6.45, 7) is 0. The van der Waals surface area contributed by atoms with Crippen LogP contribution in [0.4, 0.5) is 5.69 Å². The average Bonchev–Trinajstić information content (AvgIpc) is 2.40. The van der Waals surface area contributed by atoms with Crippen LogP contribution in [-0.4, -0.2) is 24.6 Å². The number of non-ortho nitro benzene ring substituents is 1. The zero-order valence-corrected chi connectivity index (χ0v) is 11.0. The molecule has 2 aromatic carbocycles. The van der Waals surface area contributed by atoms with Gasteiger partial charge in [-0.1, -0.05) is 0 Å². The quantitative estimate of drug-likeness (QED) is 0.491. The fraction of sp³-hybridized carbons (Fsp3) is 0. The van der Waals surface area contributed by atoms with E-state index in [4.69, 9.17) is 0 Å². The summed E-state index contributed by atoms with van der Waals surface area (Å²) in [4.78, 5) is 22.0. The first-order valence-corrected chi connectivity index (χ1v) is 6.90. The molecular weight excluding hydrogens is 297 g/mol. The third kappa shape index (κ3) is 3.03. The Balaban J connectivity index is 2.10. The second-order valence-corrected chi connectivity index (χ2v) is 5.70. The molecule has 0 aliphatic heterocycles. The van der Waals surface area contributed by atoms with Crippen molar-refractivity contribution in [3.05, 3.63) is 70.3 Å². The molecule has 0 unspecified atom stereocenters. The van der Waals surface area contributed by atoms with E-state index in [-0.39, 0.29) is 25.3 Å². The maximum absolute atomic E-state index is 11.9. The molecule has 0 aliphatic carbocycles. The number of hydrogen-bond acceptors (Lipinski definition) is 3. The molecule has 0 saturated carbocycles. The van der Waals surface area contributed by atoms with Crippen LogP contribution in [0.3, 0.4) is 0 Å². The third-order valence-electron chi connectivity index (χ3n) is 2.27. The Morgan fingerprint density at radius 3 is 2.17 bits per heavy atom. The van der Waals surface area contributed by atoms with Crippen LogP contribution in [0.15, 0.2) is 54.6 Å². The van der Waals surface area contributed by atoms with E-state index >= 15 is 0 Å². The van der Waals surface area contributed by atoms with Crippen molar-refractivity contribution >= 4 is 29.8 Å². The molecule has 0 heterocycles. The summed E-state index contributed by atoms with van der Waals surface area (Å²) >= 11 is -0.351. The van der Waals surface area contributed by atoms with Crippen LogP contribution < -0.4 is 4.46 Å². The number of hydrogen-bond donors (Lipinski definition) is 0. The monoisotopic (exact) mass is 307 g/mol. The molecule has 0 saturated heterocycles. The molecule has 0 atom stereocenters. The predicted octanol–water partition coefficient (Wildman–Crippen LogP) is 1.76. The summed E-state index contributed by atoms with van der Waals surface area (Å²) in [6.07, 6.45) is 0. The van der Waals surface area contributed by atoms with Gasteiger partial charge < -0.3 is 0 Å². The molecule has 0 aliphatic rings. The topological polar surface area (TPSA) is 60.2 Å². The summed E-state index contributed by atoms with van der Waals surface area (Å²) in [5.74, 6) is 0. The van der Waals surface area contributed by atoms with Gasteiger partial charge in [-0.2, -0.15) is 0 Å². The van der Waals surface area contributed by atoms with Gasteiger partial charge in [-0.3, -0.25) is 0 Å². The fourth-order valence-corrected chi connectivity index (χ4v) is 2.93. The molecule has 0 N–H and O–H groups in total. The summed E-state index contributed by atoms with van der Waals surface area (Å²) in [7, 11) is 0. The second kappa shape index (κ2) is 5.58. The van der Waals surface area contributed by atoms with Gasteiger partial charge in [0, 0.05) is 0 Å². The minimum atomic E-state index is -0.449. The van der Waals surface area contributed by atoms with E-state index < -0.39 is 4.92 Å². The van der Waals surface area contributed by atoms with E-state index in [0.717, 1.165) is 4.46 Å². The zero-order chi connectivity index (χ0) is 13.0. The van der Waals surface area contributed by atoms with Crippen molar-refractivity contribution in [2.45, 2.75) is 0 Å². The first kappa shape index (κ1) is 12.5. The van der Waals surface area contributed by atoms with E-state index in [9.17, 15) is 14.9 Å². The summed E-state index contributed by atoms with van der Waals surface area (Å²) in [5.41, 5.74) is 0.720. The van der Waals surface area contributed by atoms with Gasteiger partial charge in [-0.25, -0.2) is 0 Å². The van der Waals surface area contributed by atoms with E-state index in [0.29, 0.717) is 5.56 Å². The van der Waals surface area contributed by atoms with Gasteiger partial charge in [0.15, 0.2) is 0 Å². The van der Waals surface area contributed by atoms with Crippen LogP contribution in [0.2, 0.25) is 0 Å². The first-order valence-electron chi connectivity index (χ1n) is 5.18. The molecule has 2 rings (SSSR count). The average molecular weight is 306 g/mol. The van der Waals surface area contributed by atoms with Gasteiger partial charge in [0.2, 0.25) is 0 Å². The summed E-state index contributed by atoms with van der Waals surface area (Å²) in [6, 6.07) is 15.2. The van der Waals surface area contributed by atoms with Crippen LogP contribution in [0, 0.1) is 10.1 Å². The van der Waals surface area contributed by atoms with Gasteiger partial charge in [0.25, 0.3) is 0 Å². The van der Waals surface area contributed by atoms with Crippen molar-refractivity contribution in [1.82, 2.24) is 0 Å². The van der Waals surface area contributed by atoms with Gasteiger partial charge in [0.1, 0.15) is 0 Å². The number of nitro benzene ring substituents is 1. The summed E-state index contributed by atoms with van der Waals surface area (Å²) < 4.78 is 0.902. The molecule has 0 spiro atoms. The van der Waals surface area contributed by atoms with Crippen LogP contribution in [0.25, 0.3) is 0 Å². The maximum atomic E-state index is 11.9. The number of nitro groups is 1. The molecule has 90 valence electrons. The molecule has 0 radical (unpaired) electrons. The van der Waals surface area contributed by atoms with Gasteiger partial charge >= 0.3 is 110 Å². The number of carbonyl (C=O) groups excluding carboxylic acids is 1. The Morgan fingerprint density at radius 1 is 1.00 bits per heavy atom. The molecule has 0 bridgehead atoms. The summed E-state index contributed by atoms with van der Waals surface area (Å²) in [5, 5.41) is 10.5.